The van der Waals surface area contributed by atoms with Crippen molar-refractivity contribution >= 4 is 5.91 Å². The largest absolute Gasteiger partial charge is 0.396 e. The van der Waals surface area contributed by atoms with Crippen molar-refractivity contribution < 1.29 is 18.7 Å². The third-order valence-corrected chi connectivity index (χ3v) is 6.12. The van der Waals surface area contributed by atoms with Gasteiger partial charge in [0, 0.05) is 24.1 Å². The standard InChI is InChI=1S/C26H25F2NO2/c27-21-12-10-19(11-13-21)22-7-2-3-8-23(22)25(31)29-15-5-14-26(17-29,18-30)16-20-6-1-4-9-24(20)28/h1-4,6-13,30H,5,14-18H2/t26-/m1/s1. The molecule has 0 aliphatic carbocycles. The Kier molecular flexibility index (Phi) is 6.14. The number of hydrogen-bond acceptors (Lipinski definition) is 2. The number of aliphatic hydroxyl groups excluding tert-OH is 1. The molecule has 1 atom stereocenters. The second kappa shape index (κ2) is 8.98. The monoisotopic (exact) mass is 421 g/mol. The van der Waals surface area contributed by atoms with Crippen molar-refractivity contribution in [3.8, 4) is 11.1 Å². The molecule has 1 aliphatic heterocycles. The number of likely N-dealkylation sites (tertiary alicyclic amines) is 1. The van der Waals surface area contributed by atoms with Crippen molar-refractivity contribution in [2.75, 3.05) is 19.7 Å². The van der Waals surface area contributed by atoms with Gasteiger partial charge in [-0.05, 0) is 60.2 Å². The summed E-state index contributed by atoms with van der Waals surface area (Å²) in [5.41, 5.74) is 2.01. The summed E-state index contributed by atoms with van der Waals surface area (Å²) < 4.78 is 27.6. The fourth-order valence-corrected chi connectivity index (χ4v) is 4.48. The number of halogens is 2. The van der Waals surface area contributed by atoms with Crippen LogP contribution in [0, 0.1) is 17.0 Å². The lowest BCUT2D eigenvalue weighted by Gasteiger charge is -2.42. The summed E-state index contributed by atoms with van der Waals surface area (Å²) in [4.78, 5) is 15.2. The molecule has 1 fully saturated rings. The average molecular weight is 421 g/mol. The van der Waals surface area contributed by atoms with Gasteiger partial charge in [-0.1, -0.05) is 48.5 Å². The molecule has 0 saturated carbocycles. The zero-order chi connectivity index (χ0) is 21.8. The van der Waals surface area contributed by atoms with Crippen molar-refractivity contribution in [1.82, 2.24) is 4.90 Å². The topological polar surface area (TPSA) is 40.5 Å². The molecule has 0 bridgehead atoms. The molecule has 31 heavy (non-hydrogen) atoms. The molecule has 0 radical (unpaired) electrons. The fourth-order valence-electron chi connectivity index (χ4n) is 4.48. The van der Waals surface area contributed by atoms with E-state index < -0.39 is 5.41 Å². The molecule has 3 nitrogen and oxygen atoms in total. The van der Waals surface area contributed by atoms with E-state index in [0.29, 0.717) is 30.6 Å². The second-order valence-electron chi connectivity index (χ2n) is 8.31. The normalized spacial score (nSPS) is 18.7. The number of rotatable bonds is 5. The van der Waals surface area contributed by atoms with Gasteiger partial charge >= 0.3 is 0 Å². The molecule has 1 aliphatic rings. The van der Waals surface area contributed by atoms with Gasteiger partial charge in [-0.2, -0.15) is 0 Å². The number of carbonyl (C=O) groups excluding carboxylic acids is 1. The highest BCUT2D eigenvalue weighted by atomic mass is 19.1. The predicted octanol–water partition coefficient (Wildman–Crippen LogP) is 5.09. The van der Waals surface area contributed by atoms with Crippen LogP contribution >= 0.6 is 0 Å². The van der Waals surface area contributed by atoms with Crippen molar-refractivity contribution in [3.05, 3.63) is 95.6 Å². The first kappa shape index (κ1) is 21.2. The number of amides is 1. The summed E-state index contributed by atoms with van der Waals surface area (Å²) >= 11 is 0. The van der Waals surface area contributed by atoms with Crippen LogP contribution in [-0.2, 0) is 6.42 Å². The van der Waals surface area contributed by atoms with Gasteiger partial charge in [0.1, 0.15) is 11.6 Å². The van der Waals surface area contributed by atoms with Crippen LogP contribution in [0.25, 0.3) is 11.1 Å². The Morgan fingerprint density at radius 3 is 2.42 bits per heavy atom. The maximum atomic E-state index is 14.3. The number of benzene rings is 3. The van der Waals surface area contributed by atoms with E-state index in [0.717, 1.165) is 24.0 Å². The van der Waals surface area contributed by atoms with Gasteiger partial charge in [0.15, 0.2) is 0 Å². The van der Waals surface area contributed by atoms with Gasteiger partial charge in [0.2, 0.25) is 0 Å². The molecule has 5 heteroatoms. The third-order valence-electron chi connectivity index (χ3n) is 6.12. The van der Waals surface area contributed by atoms with Gasteiger partial charge in [0.25, 0.3) is 5.91 Å². The van der Waals surface area contributed by atoms with E-state index in [2.05, 4.69) is 0 Å². The lowest BCUT2D eigenvalue weighted by Crippen LogP contribution is -2.49. The molecule has 160 valence electrons. The highest BCUT2D eigenvalue weighted by molar-refractivity contribution is 6.01. The molecule has 0 spiro atoms. The molecule has 1 amide bonds. The zero-order valence-corrected chi connectivity index (χ0v) is 17.2. The first-order valence-electron chi connectivity index (χ1n) is 10.5. The van der Waals surface area contributed by atoms with Crippen molar-refractivity contribution in [2.24, 2.45) is 5.41 Å². The van der Waals surface area contributed by atoms with Crippen LogP contribution in [0.3, 0.4) is 0 Å². The molecule has 3 aromatic carbocycles. The first-order valence-corrected chi connectivity index (χ1v) is 10.5. The van der Waals surface area contributed by atoms with Gasteiger partial charge in [-0.3, -0.25) is 4.79 Å². The minimum absolute atomic E-state index is 0.120. The summed E-state index contributed by atoms with van der Waals surface area (Å²) in [6.07, 6.45) is 1.83. The summed E-state index contributed by atoms with van der Waals surface area (Å²) in [6.45, 7) is 0.814. The Labute approximate surface area is 181 Å². The second-order valence-corrected chi connectivity index (χ2v) is 8.31. The SMILES string of the molecule is O=C(c1ccccc1-c1ccc(F)cc1)N1CCC[C@@](CO)(Cc2ccccc2F)C1. The highest BCUT2D eigenvalue weighted by Gasteiger charge is 2.38. The molecular weight excluding hydrogens is 396 g/mol. The van der Waals surface area contributed by atoms with Crippen LogP contribution in [0.15, 0.2) is 72.8 Å². The van der Waals surface area contributed by atoms with Crippen molar-refractivity contribution in [3.63, 3.8) is 0 Å². The zero-order valence-electron chi connectivity index (χ0n) is 17.2. The molecule has 1 N–H and O–H groups in total. The Morgan fingerprint density at radius 2 is 1.68 bits per heavy atom. The van der Waals surface area contributed by atoms with E-state index >= 15 is 0 Å². The average Bonchev–Trinajstić information content (AvgIpc) is 2.81. The van der Waals surface area contributed by atoms with E-state index in [9.17, 15) is 18.7 Å². The van der Waals surface area contributed by atoms with E-state index in [1.54, 1.807) is 41.3 Å². The number of carbonyl (C=O) groups is 1. The number of piperidine rings is 1. The molecule has 4 rings (SSSR count). The molecular formula is C26H25F2NO2. The Hall–Kier alpha value is -3.05. The van der Waals surface area contributed by atoms with Crippen LogP contribution in [0.5, 0.6) is 0 Å². The quantitative estimate of drug-likeness (QED) is 0.624. The lowest BCUT2D eigenvalue weighted by atomic mass is 9.75. The third kappa shape index (κ3) is 4.52. The van der Waals surface area contributed by atoms with Crippen LogP contribution in [0.2, 0.25) is 0 Å². The van der Waals surface area contributed by atoms with Gasteiger partial charge < -0.3 is 10.0 Å². The molecule has 1 heterocycles. The predicted molar refractivity (Wildman–Crippen MR) is 117 cm³/mol. The maximum Gasteiger partial charge on any atom is 0.254 e. The summed E-state index contributed by atoms with van der Waals surface area (Å²) in [5, 5.41) is 10.2. The molecule has 3 aromatic rings. The summed E-state index contributed by atoms with van der Waals surface area (Å²) in [7, 11) is 0. The molecule has 0 unspecified atom stereocenters. The van der Waals surface area contributed by atoms with E-state index in [-0.39, 0.29) is 24.1 Å². The minimum Gasteiger partial charge on any atom is -0.396 e. The molecule has 0 aromatic heterocycles. The van der Waals surface area contributed by atoms with Gasteiger partial charge in [-0.25, -0.2) is 8.78 Å². The maximum absolute atomic E-state index is 14.3. The van der Waals surface area contributed by atoms with Crippen molar-refractivity contribution in [2.45, 2.75) is 19.3 Å². The van der Waals surface area contributed by atoms with Crippen LogP contribution in [0.4, 0.5) is 8.78 Å². The van der Waals surface area contributed by atoms with Crippen LogP contribution in [0.1, 0.15) is 28.8 Å². The lowest BCUT2D eigenvalue weighted by molar-refractivity contribution is 0.0268. The highest BCUT2D eigenvalue weighted by Crippen LogP contribution is 2.35. The smallest absolute Gasteiger partial charge is 0.254 e. The van der Waals surface area contributed by atoms with Crippen LogP contribution in [-0.4, -0.2) is 35.6 Å². The Balaban J connectivity index is 1.61. The number of hydrogen-bond donors (Lipinski definition) is 1. The Bertz CT molecular complexity index is 1070. The number of nitrogens with zero attached hydrogens (tertiary/aromatic N) is 1. The molecule has 1 saturated heterocycles. The van der Waals surface area contributed by atoms with Crippen LogP contribution < -0.4 is 0 Å². The minimum atomic E-state index is -0.582. The first-order chi connectivity index (χ1) is 15.0. The number of aliphatic hydroxyl groups is 1. The van der Waals surface area contributed by atoms with Gasteiger partial charge in [0.05, 0.1) is 6.61 Å². The summed E-state index contributed by atoms with van der Waals surface area (Å²) in [6, 6.07) is 19.9. The fraction of sp³-hybridized carbons (Fsp3) is 0.269. The van der Waals surface area contributed by atoms with E-state index in [1.807, 2.05) is 18.2 Å². The Morgan fingerprint density at radius 1 is 0.968 bits per heavy atom. The van der Waals surface area contributed by atoms with Crippen molar-refractivity contribution in [1.29, 1.82) is 0 Å². The van der Waals surface area contributed by atoms with E-state index in [1.165, 1.54) is 18.2 Å². The van der Waals surface area contributed by atoms with Gasteiger partial charge in [-0.15, -0.1) is 0 Å². The summed E-state index contributed by atoms with van der Waals surface area (Å²) in [5.74, 6) is -0.754. The van der Waals surface area contributed by atoms with E-state index in [4.69, 9.17) is 0 Å².